The topological polar surface area (TPSA) is 75.7 Å². The molecule has 6 nitrogen and oxygen atoms in total. The second-order valence-electron chi connectivity index (χ2n) is 6.41. The van der Waals surface area contributed by atoms with Crippen LogP contribution in [0.1, 0.15) is 35.7 Å². The molecule has 27 heavy (non-hydrogen) atoms. The first-order valence-corrected chi connectivity index (χ1v) is 10.7. The maximum Gasteiger partial charge on any atom is 0.251 e. The Labute approximate surface area is 160 Å². The number of anilines is 1. The van der Waals surface area contributed by atoms with Crippen molar-refractivity contribution in [2.45, 2.75) is 26.3 Å². The van der Waals surface area contributed by atoms with Crippen molar-refractivity contribution in [3.8, 4) is 5.75 Å². The Morgan fingerprint density at radius 1 is 1.15 bits per heavy atom. The predicted molar refractivity (Wildman–Crippen MR) is 106 cm³/mol. The van der Waals surface area contributed by atoms with E-state index in [0.29, 0.717) is 37.4 Å². The smallest absolute Gasteiger partial charge is 0.251 e. The van der Waals surface area contributed by atoms with Gasteiger partial charge in [-0.1, -0.05) is 12.1 Å². The maximum absolute atomic E-state index is 12.4. The molecule has 2 aromatic carbocycles. The summed E-state index contributed by atoms with van der Waals surface area (Å²) in [5.74, 6) is 0.747. The lowest BCUT2D eigenvalue weighted by molar-refractivity contribution is 0.0951. The fraction of sp³-hybridized carbons (Fsp3) is 0.350. The lowest BCUT2D eigenvalue weighted by Crippen LogP contribution is -2.37. The summed E-state index contributed by atoms with van der Waals surface area (Å²) >= 11 is 0. The third-order valence-electron chi connectivity index (χ3n) is 4.43. The van der Waals surface area contributed by atoms with Crippen molar-refractivity contribution < 1.29 is 17.9 Å². The van der Waals surface area contributed by atoms with E-state index in [1.54, 1.807) is 24.3 Å². The van der Waals surface area contributed by atoms with Gasteiger partial charge in [0, 0.05) is 18.7 Å². The number of sulfonamides is 1. The Hall–Kier alpha value is -2.54. The number of amides is 1. The summed E-state index contributed by atoms with van der Waals surface area (Å²) in [6, 6.07) is 14.3. The number of nitrogens with zero attached hydrogens (tertiary/aromatic N) is 1. The highest BCUT2D eigenvalue weighted by atomic mass is 32.2. The van der Waals surface area contributed by atoms with Crippen molar-refractivity contribution in [3.05, 3.63) is 59.7 Å². The normalized spacial score (nSPS) is 16.0. The van der Waals surface area contributed by atoms with Crippen LogP contribution in [0.2, 0.25) is 0 Å². The minimum Gasteiger partial charge on any atom is -0.494 e. The molecule has 3 rings (SSSR count). The van der Waals surface area contributed by atoms with Crippen LogP contribution in [0.15, 0.2) is 48.5 Å². The Bertz CT molecular complexity index is 894. The van der Waals surface area contributed by atoms with Gasteiger partial charge in [0.25, 0.3) is 5.91 Å². The van der Waals surface area contributed by atoms with Gasteiger partial charge in [0.15, 0.2) is 0 Å². The summed E-state index contributed by atoms with van der Waals surface area (Å²) in [5, 5.41) is 2.87. The predicted octanol–water partition coefficient (Wildman–Crippen LogP) is 2.95. The quantitative estimate of drug-likeness (QED) is 0.826. The van der Waals surface area contributed by atoms with Gasteiger partial charge >= 0.3 is 0 Å². The summed E-state index contributed by atoms with van der Waals surface area (Å²) < 4.78 is 31.2. The van der Waals surface area contributed by atoms with Gasteiger partial charge in [-0.25, -0.2) is 8.42 Å². The second-order valence-corrected chi connectivity index (χ2v) is 8.42. The summed E-state index contributed by atoms with van der Waals surface area (Å²) in [6.07, 6.45) is 1.55. The number of rotatable bonds is 6. The molecule has 1 saturated heterocycles. The molecule has 1 aliphatic heterocycles. The maximum atomic E-state index is 12.4. The van der Waals surface area contributed by atoms with Gasteiger partial charge in [-0.3, -0.25) is 9.10 Å². The van der Waals surface area contributed by atoms with Crippen molar-refractivity contribution in [2.75, 3.05) is 23.2 Å². The molecule has 0 bridgehead atoms. The van der Waals surface area contributed by atoms with Gasteiger partial charge in [-0.05, 0) is 61.7 Å². The van der Waals surface area contributed by atoms with Crippen LogP contribution in [-0.2, 0) is 16.6 Å². The first-order valence-electron chi connectivity index (χ1n) is 9.10. The van der Waals surface area contributed by atoms with E-state index in [-0.39, 0.29) is 11.7 Å². The Kier molecular flexibility index (Phi) is 6.01. The number of hydrogen-bond acceptors (Lipinski definition) is 4. The molecule has 0 aliphatic carbocycles. The van der Waals surface area contributed by atoms with E-state index in [1.165, 1.54) is 4.31 Å². The summed E-state index contributed by atoms with van der Waals surface area (Å²) in [4.78, 5) is 12.4. The van der Waals surface area contributed by atoms with Crippen LogP contribution in [-0.4, -0.2) is 33.2 Å². The van der Waals surface area contributed by atoms with E-state index in [1.807, 2.05) is 31.2 Å². The molecular weight excluding hydrogens is 364 g/mol. The van der Waals surface area contributed by atoms with Gasteiger partial charge in [0.1, 0.15) is 5.75 Å². The fourth-order valence-electron chi connectivity index (χ4n) is 3.05. The van der Waals surface area contributed by atoms with E-state index in [0.717, 1.165) is 17.7 Å². The van der Waals surface area contributed by atoms with Crippen molar-refractivity contribution in [1.82, 2.24) is 5.32 Å². The zero-order chi connectivity index (χ0) is 19.3. The number of benzene rings is 2. The number of carbonyl (C=O) groups is 1. The largest absolute Gasteiger partial charge is 0.494 e. The van der Waals surface area contributed by atoms with Crippen molar-refractivity contribution in [2.24, 2.45) is 0 Å². The molecule has 1 fully saturated rings. The lowest BCUT2D eigenvalue weighted by Gasteiger charge is -2.28. The number of ether oxygens (including phenoxy) is 1. The standard InChI is InChI=1S/C20H24N2O4S/c1-2-26-19-7-5-6-16(14-19)15-21-20(23)17-8-10-18(11-9-17)22-12-3-4-13-27(22,24)25/h5-11,14H,2-4,12-13,15H2,1H3,(H,21,23). The summed E-state index contributed by atoms with van der Waals surface area (Å²) in [6.45, 7) is 3.40. The van der Waals surface area contributed by atoms with Crippen LogP contribution in [0.4, 0.5) is 5.69 Å². The highest BCUT2D eigenvalue weighted by Crippen LogP contribution is 2.23. The van der Waals surface area contributed by atoms with Crippen LogP contribution in [0.3, 0.4) is 0 Å². The zero-order valence-electron chi connectivity index (χ0n) is 15.3. The fourth-order valence-corrected chi connectivity index (χ4v) is 4.69. The molecule has 1 N–H and O–H groups in total. The van der Waals surface area contributed by atoms with E-state index < -0.39 is 10.0 Å². The summed E-state index contributed by atoms with van der Waals surface area (Å²) in [7, 11) is -3.24. The molecule has 0 radical (unpaired) electrons. The lowest BCUT2D eigenvalue weighted by atomic mass is 10.1. The van der Waals surface area contributed by atoms with Crippen LogP contribution in [0.25, 0.3) is 0 Å². The van der Waals surface area contributed by atoms with Crippen LogP contribution >= 0.6 is 0 Å². The third kappa shape index (κ3) is 4.80. The number of hydrogen-bond donors (Lipinski definition) is 1. The third-order valence-corrected chi connectivity index (χ3v) is 6.30. The average molecular weight is 388 g/mol. The van der Waals surface area contributed by atoms with Crippen LogP contribution < -0.4 is 14.4 Å². The van der Waals surface area contributed by atoms with Gasteiger partial charge in [0.2, 0.25) is 10.0 Å². The minimum absolute atomic E-state index is 0.177. The first kappa shape index (κ1) is 19.2. The molecule has 0 saturated carbocycles. The molecule has 7 heteroatoms. The zero-order valence-corrected chi connectivity index (χ0v) is 16.2. The Morgan fingerprint density at radius 3 is 2.63 bits per heavy atom. The van der Waals surface area contributed by atoms with E-state index in [4.69, 9.17) is 4.74 Å². The number of carbonyl (C=O) groups excluding carboxylic acids is 1. The number of nitrogens with one attached hydrogen (secondary N) is 1. The first-order chi connectivity index (χ1) is 13.0. The molecule has 144 valence electrons. The van der Waals surface area contributed by atoms with Gasteiger partial charge in [0.05, 0.1) is 18.0 Å². The summed E-state index contributed by atoms with van der Waals surface area (Å²) in [5.41, 5.74) is 2.05. The molecule has 1 amide bonds. The van der Waals surface area contributed by atoms with Crippen LogP contribution in [0, 0.1) is 0 Å². The molecule has 1 heterocycles. The second kappa shape index (κ2) is 8.43. The van der Waals surface area contributed by atoms with E-state index >= 15 is 0 Å². The SMILES string of the molecule is CCOc1cccc(CNC(=O)c2ccc(N3CCCCS3(=O)=O)cc2)c1. The Morgan fingerprint density at radius 2 is 1.93 bits per heavy atom. The molecule has 0 aromatic heterocycles. The van der Waals surface area contributed by atoms with Crippen molar-refractivity contribution >= 4 is 21.6 Å². The van der Waals surface area contributed by atoms with Gasteiger partial charge in [-0.15, -0.1) is 0 Å². The molecular formula is C20H24N2O4S. The molecule has 2 aromatic rings. The monoisotopic (exact) mass is 388 g/mol. The van der Waals surface area contributed by atoms with Gasteiger partial charge in [-0.2, -0.15) is 0 Å². The molecule has 1 aliphatic rings. The van der Waals surface area contributed by atoms with E-state index in [2.05, 4.69) is 5.32 Å². The minimum atomic E-state index is -3.24. The van der Waals surface area contributed by atoms with Crippen molar-refractivity contribution in [1.29, 1.82) is 0 Å². The highest BCUT2D eigenvalue weighted by molar-refractivity contribution is 7.92. The average Bonchev–Trinajstić information content (AvgIpc) is 2.67. The van der Waals surface area contributed by atoms with Crippen molar-refractivity contribution in [3.63, 3.8) is 0 Å². The molecule has 0 unspecified atom stereocenters. The molecule has 0 spiro atoms. The van der Waals surface area contributed by atoms with Gasteiger partial charge < -0.3 is 10.1 Å². The van der Waals surface area contributed by atoms with E-state index in [9.17, 15) is 13.2 Å². The van der Waals surface area contributed by atoms with Crippen LogP contribution in [0.5, 0.6) is 5.75 Å². The highest BCUT2D eigenvalue weighted by Gasteiger charge is 2.25. The molecule has 0 atom stereocenters. The Balaban J connectivity index is 1.63.